The van der Waals surface area contributed by atoms with Gasteiger partial charge in [0.05, 0.1) is 0 Å². The topological polar surface area (TPSA) is 64.9 Å². The van der Waals surface area contributed by atoms with Crippen molar-refractivity contribution in [3.05, 3.63) is 11.7 Å². The van der Waals surface area contributed by atoms with E-state index in [1.165, 1.54) is 25.0 Å². The van der Waals surface area contributed by atoms with Gasteiger partial charge in [0.1, 0.15) is 0 Å². The summed E-state index contributed by atoms with van der Waals surface area (Å²) in [6.07, 6.45) is 5.56. The van der Waals surface area contributed by atoms with Crippen molar-refractivity contribution in [3.63, 3.8) is 0 Å². The van der Waals surface area contributed by atoms with E-state index in [9.17, 15) is 0 Å². The third-order valence-electron chi connectivity index (χ3n) is 2.69. The predicted octanol–water partition coefficient (Wildman–Crippen LogP) is 1.79. The van der Waals surface area contributed by atoms with Crippen LogP contribution >= 0.6 is 11.8 Å². The van der Waals surface area contributed by atoms with E-state index in [1.54, 1.807) is 0 Å². The number of hydrogen-bond acceptors (Lipinski definition) is 5. The van der Waals surface area contributed by atoms with E-state index in [2.05, 4.69) is 10.1 Å². The maximum absolute atomic E-state index is 5.69. The highest BCUT2D eigenvalue weighted by Crippen LogP contribution is 2.27. The highest BCUT2D eigenvalue weighted by Gasteiger charge is 2.18. The summed E-state index contributed by atoms with van der Waals surface area (Å²) in [5.74, 6) is 2.78. The van der Waals surface area contributed by atoms with Gasteiger partial charge >= 0.3 is 0 Å². The number of rotatable bonds is 4. The molecule has 1 aromatic heterocycles. The van der Waals surface area contributed by atoms with Crippen LogP contribution in [0.5, 0.6) is 0 Å². The first kappa shape index (κ1) is 11.9. The second-order valence-electron chi connectivity index (χ2n) is 4.48. The molecule has 1 aliphatic heterocycles. The fourth-order valence-corrected chi connectivity index (χ4v) is 3.20. The average molecular weight is 241 g/mol. The van der Waals surface area contributed by atoms with Gasteiger partial charge in [-0.2, -0.15) is 16.7 Å². The molecule has 1 aliphatic rings. The van der Waals surface area contributed by atoms with Crippen LogP contribution in [0.2, 0.25) is 0 Å². The van der Waals surface area contributed by atoms with Crippen LogP contribution < -0.4 is 5.73 Å². The van der Waals surface area contributed by atoms with Crippen molar-refractivity contribution in [3.8, 4) is 0 Å². The van der Waals surface area contributed by atoms with Gasteiger partial charge in [-0.05, 0) is 25.5 Å². The second kappa shape index (κ2) is 5.68. The van der Waals surface area contributed by atoms with Crippen LogP contribution in [0.25, 0.3) is 0 Å². The smallest absolute Gasteiger partial charge is 0.227 e. The lowest BCUT2D eigenvalue weighted by molar-refractivity contribution is 0.368. The molecule has 0 aliphatic carbocycles. The quantitative estimate of drug-likeness (QED) is 0.870. The summed E-state index contributed by atoms with van der Waals surface area (Å²) in [6.45, 7) is 1.95. The highest BCUT2D eigenvalue weighted by atomic mass is 32.2. The van der Waals surface area contributed by atoms with Gasteiger partial charge in [-0.25, -0.2) is 0 Å². The molecule has 1 saturated heterocycles. The molecule has 5 heteroatoms. The molecule has 1 aromatic rings. The van der Waals surface area contributed by atoms with E-state index in [1.807, 2.05) is 18.7 Å². The number of thioether (sulfide) groups is 1. The van der Waals surface area contributed by atoms with E-state index >= 15 is 0 Å². The second-order valence-corrected chi connectivity index (χ2v) is 5.89. The Labute approximate surface area is 100 Å². The maximum atomic E-state index is 5.69. The SMILES string of the molecule is CC(N)Cc1noc(CC2CCCCS2)n1. The van der Waals surface area contributed by atoms with Gasteiger partial charge < -0.3 is 10.3 Å². The molecule has 2 rings (SSSR count). The summed E-state index contributed by atoms with van der Waals surface area (Å²) in [5.41, 5.74) is 5.69. The lowest BCUT2D eigenvalue weighted by atomic mass is 10.1. The number of aromatic nitrogens is 2. The molecular weight excluding hydrogens is 222 g/mol. The molecule has 0 aromatic carbocycles. The number of nitrogens with two attached hydrogens (primary N) is 1. The van der Waals surface area contributed by atoms with Crippen molar-refractivity contribution < 1.29 is 4.52 Å². The largest absolute Gasteiger partial charge is 0.339 e. The van der Waals surface area contributed by atoms with Gasteiger partial charge in [0, 0.05) is 24.1 Å². The van der Waals surface area contributed by atoms with E-state index in [-0.39, 0.29) is 6.04 Å². The van der Waals surface area contributed by atoms with Crippen LogP contribution in [0, 0.1) is 0 Å². The highest BCUT2D eigenvalue weighted by molar-refractivity contribution is 7.99. The van der Waals surface area contributed by atoms with Gasteiger partial charge in [-0.1, -0.05) is 11.6 Å². The Morgan fingerprint density at radius 1 is 1.56 bits per heavy atom. The number of hydrogen-bond donors (Lipinski definition) is 1. The van der Waals surface area contributed by atoms with Crippen LogP contribution in [-0.2, 0) is 12.8 Å². The van der Waals surface area contributed by atoms with Crippen LogP contribution in [-0.4, -0.2) is 27.2 Å². The Morgan fingerprint density at radius 2 is 2.44 bits per heavy atom. The van der Waals surface area contributed by atoms with Crippen molar-refractivity contribution in [2.45, 2.75) is 50.3 Å². The Hall–Kier alpha value is -0.550. The van der Waals surface area contributed by atoms with Crippen molar-refractivity contribution in [1.82, 2.24) is 10.1 Å². The van der Waals surface area contributed by atoms with Gasteiger partial charge in [0.15, 0.2) is 5.82 Å². The lowest BCUT2D eigenvalue weighted by Crippen LogP contribution is -2.18. The zero-order chi connectivity index (χ0) is 11.4. The third-order valence-corrected chi connectivity index (χ3v) is 4.09. The normalized spacial score (nSPS) is 23.2. The molecule has 0 radical (unpaired) electrons. The summed E-state index contributed by atoms with van der Waals surface area (Å²) in [7, 11) is 0. The molecular formula is C11H19N3OS. The maximum Gasteiger partial charge on any atom is 0.227 e. The molecule has 1 fully saturated rings. The van der Waals surface area contributed by atoms with E-state index in [4.69, 9.17) is 10.3 Å². The molecule has 0 bridgehead atoms. The molecule has 2 heterocycles. The summed E-state index contributed by atoms with van der Waals surface area (Å²) in [6, 6.07) is 0.0921. The Kier molecular flexibility index (Phi) is 4.23. The van der Waals surface area contributed by atoms with Crippen molar-refractivity contribution in [2.75, 3.05) is 5.75 Å². The van der Waals surface area contributed by atoms with Gasteiger partial charge in [-0.3, -0.25) is 0 Å². The Balaban J connectivity index is 1.86. The molecule has 0 saturated carbocycles. The van der Waals surface area contributed by atoms with Crippen molar-refractivity contribution >= 4 is 11.8 Å². The molecule has 90 valence electrons. The minimum Gasteiger partial charge on any atom is -0.339 e. The molecule has 2 N–H and O–H groups in total. The monoisotopic (exact) mass is 241 g/mol. The van der Waals surface area contributed by atoms with Gasteiger partial charge in [0.2, 0.25) is 5.89 Å². The van der Waals surface area contributed by atoms with E-state index < -0.39 is 0 Å². The van der Waals surface area contributed by atoms with Crippen LogP contribution in [0.3, 0.4) is 0 Å². The minimum absolute atomic E-state index is 0.0921. The third kappa shape index (κ3) is 3.49. The summed E-state index contributed by atoms with van der Waals surface area (Å²) in [5, 5.41) is 4.61. The van der Waals surface area contributed by atoms with Crippen LogP contribution in [0.15, 0.2) is 4.52 Å². The van der Waals surface area contributed by atoms with E-state index in [0.717, 1.165) is 18.1 Å². The van der Waals surface area contributed by atoms with Gasteiger partial charge in [0.25, 0.3) is 0 Å². The first-order valence-electron chi connectivity index (χ1n) is 5.92. The summed E-state index contributed by atoms with van der Waals surface area (Å²) >= 11 is 2.03. The summed E-state index contributed by atoms with van der Waals surface area (Å²) in [4.78, 5) is 4.37. The van der Waals surface area contributed by atoms with Crippen LogP contribution in [0.4, 0.5) is 0 Å². The lowest BCUT2D eigenvalue weighted by Gasteiger charge is -2.19. The number of nitrogens with zero attached hydrogens (tertiary/aromatic N) is 2. The van der Waals surface area contributed by atoms with Gasteiger partial charge in [-0.15, -0.1) is 0 Å². The van der Waals surface area contributed by atoms with Crippen molar-refractivity contribution in [1.29, 1.82) is 0 Å². The molecule has 0 spiro atoms. The zero-order valence-electron chi connectivity index (χ0n) is 9.69. The first-order valence-corrected chi connectivity index (χ1v) is 6.97. The Morgan fingerprint density at radius 3 is 3.12 bits per heavy atom. The van der Waals surface area contributed by atoms with E-state index in [0.29, 0.717) is 11.7 Å². The van der Waals surface area contributed by atoms with Crippen molar-refractivity contribution in [2.24, 2.45) is 5.73 Å². The zero-order valence-corrected chi connectivity index (χ0v) is 10.5. The standard InChI is InChI=1S/C11H19N3OS/c1-8(12)6-10-13-11(15-14-10)7-9-4-2-3-5-16-9/h8-9H,2-7,12H2,1H3. The Bertz CT molecular complexity index is 321. The summed E-state index contributed by atoms with van der Waals surface area (Å²) < 4.78 is 5.24. The molecule has 2 atom stereocenters. The van der Waals surface area contributed by atoms with Crippen LogP contribution in [0.1, 0.15) is 37.9 Å². The average Bonchev–Trinajstić information content (AvgIpc) is 2.66. The molecule has 0 amide bonds. The first-order chi connectivity index (χ1) is 7.74. The fourth-order valence-electron chi connectivity index (χ4n) is 1.91. The molecule has 16 heavy (non-hydrogen) atoms. The minimum atomic E-state index is 0.0921. The molecule has 2 unspecified atom stereocenters. The fraction of sp³-hybridized carbons (Fsp3) is 0.818. The molecule has 4 nitrogen and oxygen atoms in total. The predicted molar refractivity (Wildman–Crippen MR) is 65.5 cm³/mol.